The van der Waals surface area contributed by atoms with Crippen LogP contribution in [0.1, 0.15) is 30.7 Å². The van der Waals surface area contributed by atoms with Crippen molar-refractivity contribution >= 4 is 10.0 Å². The van der Waals surface area contributed by atoms with E-state index in [1.165, 1.54) is 6.26 Å². The van der Waals surface area contributed by atoms with Crippen molar-refractivity contribution < 1.29 is 17.9 Å². The topological polar surface area (TPSA) is 68.7 Å². The number of nitrogens with zero attached hydrogens (tertiary/aromatic N) is 2. The Hall–Kier alpha value is -1.02. The van der Waals surface area contributed by atoms with Gasteiger partial charge < -0.3 is 9.47 Å². The number of ether oxygens (including phenoxy) is 2. The number of sulfonamides is 1. The van der Waals surface area contributed by atoms with Crippen LogP contribution in [0.5, 0.6) is 0 Å². The van der Waals surface area contributed by atoms with Gasteiger partial charge in [-0.2, -0.15) is 0 Å². The maximum absolute atomic E-state index is 12.0. The summed E-state index contributed by atoms with van der Waals surface area (Å²) in [6, 6.07) is 5.87. The summed E-state index contributed by atoms with van der Waals surface area (Å²) in [6.45, 7) is 4.67. The van der Waals surface area contributed by atoms with E-state index < -0.39 is 10.0 Å². The first-order valence-corrected chi connectivity index (χ1v) is 10.3. The van der Waals surface area contributed by atoms with Crippen molar-refractivity contribution in [3.63, 3.8) is 0 Å². The summed E-state index contributed by atoms with van der Waals surface area (Å²) in [5, 5.41) is 0. The molecule has 2 aliphatic rings. The summed E-state index contributed by atoms with van der Waals surface area (Å²) >= 11 is 0. The van der Waals surface area contributed by atoms with Gasteiger partial charge in [-0.15, -0.1) is 0 Å². The van der Waals surface area contributed by atoms with Crippen molar-refractivity contribution in [1.29, 1.82) is 0 Å². The zero-order valence-corrected chi connectivity index (χ0v) is 15.2. The van der Waals surface area contributed by atoms with Gasteiger partial charge in [0.1, 0.15) is 0 Å². The Balaban J connectivity index is 1.69. The second-order valence-corrected chi connectivity index (χ2v) is 8.96. The minimum absolute atomic E-state index is 0.0784. The first-order valence-electron chi connectivity index (χ1n) is 8.46. The van der Waals surface area contributed by atoms with Gasteiger partial charge in [0.2, 0.25) is 10.0 Å². The number of pyridine rings is 1. The highest BCUT2D eigenvalue weighted by Crippen LogP contribution is 2.41. The molecule has 0 saturated carbocycles. The highest BCUT2D eigenvalue weighted by molar-refractivity contribution is 7.88. The van der Waals surface area contributed by atoms with Gasteiger partial charge in [-0.05, 0) is 38.3 Å². The molecule has 2 saturated heterocycles. The third-order valence-corrected chi connectivity index (χ3v) is 6.26. The van der Waals surface area contributed by atoms with Crippen molar-refractivity contribution in [3.8, 4) is 0 Å². The SMILES string of the molecule is Cc1cccc(COCC23CCCOC2CCN(S(C)(=O)=O)C3)n1. The number of aromatic nitrogens is 1. The van der Waals surface area contributed by atoms with Gasteiger partial charge in [-0.25, -0.2) is 12.7 Å². The second kappa shape index (κ2) is 7.07. The van der Waals surface area contributed by atoms with Crippen LogP contribution in [-0.2, 0) is 26.1 Å². The lowest BCUT2D eigenvalue weighted by Gasteiger charge is -2.49. The Bertz CT molecular complexity index is 679. The molecule has 2 fully saturated rings. The van der Waals surface area contributed by atoms with Gasteiger partial charge in [0, 0.05) is 30.8 Å². The fourth-order valence-electron chi connectivity index (χ4n) is 3.78. The normalized spacial score (nSPS) is 28.5. The Kier molecular flexibility index (Phi) is 5.24. The van der Waals surface area contributed by atoms with E-state index in [2.05, 4.69) is 4.98 Å². The molecule has 0 aliphatic carbocycles. The molecule has 0 bridgehead atoms. The maximum atomic E-state index is 12.0. The van der Waals surface area contributed by atoms with E-state index in [0.717, 1.165) is 37.3 Å². The van der Waals surface area contributed by atoms with Crippen molar-refractivity contribution in [2.75, 3.05) is 32.6 Å². The van der Waals surface area contributed by atoms with Crippen molar-refractivity contribution in [3.05, 3.63) is 29.6 Å². The van der Waals surface area contributed by atoms with Gasteiger partial charge in [-0.1, -0.05) is 6.07 Å². The number of piperidine rings is 1. The first-order chi connectivity index (χ1) is 11.4. The van der Waals surface area contributed by atoms with Crippen molar-refractivity contribution in [2.24, 2.45) is 5.41 Å². The number of hydrogen-bond donors (Lipinski definition) is 0. The standard InChI is InChI=1S/C17H26N2O4S/c1-14-5-3-6-15(18-14)11-22-13-17-8-4-10-23-16(17)7-9-19(12-17)24(2,20)21/h3,5-6,16H,4,7-13H2,1-2H3. The third-order valence-electron chi connectivity index (χ3n) is 5.01. The lowest BCUT2D eigenvalue weighted by molar-refractivity contribution is -0.144. The molecule has 3 rings (SSSR count). The van der Waals surface area contributed by atoms with E-state index in [1.807, 2.05) is 25.1 Å². The molecule has 0 radical (unpaired) electrons. The lowest BCUT2D eigenvalue weighted by Crippen LogP contribution is -2.57. The summed E-state index contributed by atoms with van der Waals surface area (Å²) in [6.07, 6.45) is 3.97. The zero-order chi connectivity index (χ0) is 17.2. The summed E-state index contributed by atoms with van der Waals surface area (Å²) < 4.78 is 37.4. The quantitative estimate of drug-likeness (QED) is 0.806. The van der Waals surface area contributed by atoms with Crippen LogP contribution >= 0.6 is 0 Å². The largest absolute Gasteiger partial charge is 0.377 e. The molecule has 0 aromatic carbocycles. The van der Waals surface area contributed by atoms with Crippen LogP contribution in [0.4, 0.5) is 0 Å². The molecule has 134 valence electrons. The van der Waals surface area contributed by atoms with E-state index in [1.54, 1.807) is 4.31 Å². The van der Waals surface area contributed by atoms with Crippen molar-refractivity contribution in [1.82, 2.24) is 9.29 Å². The highest BCUT2D eigenvalue weighted by atomic mass is 32.2. The molecule has 1 aromatic heterocycles. The fourth-order valence-corrected chi connectivity index (χ4v) is 4.71. The van der Waals surface area contributed by atoms with Crippen LogP contribution in [0.15, 0.2) is 18.2 Å². The molecule has 1 aromatic rings. The number of fused-ring (bicyclic) bond motifs is 1. The van der Waals surface area contributed by atoms with E-state index >= 15 is 0 Å². The molecule has 0 amide bonds. The second-order valence-electron chi connectivity index (χ2n) is 6.97. The molecule has 2 aliphatic heterocycles. The number of rotatable bonds is 5. The fraction of sp³-hybridized carbons (Fsp3) is 0.706. The average molecular weight is 354 g/mol. The highest BCUT2D eigenvalue weighted by Gasteiger charge is 2.47. The molecule has 0 N–H and O–H groups in total. The van der Waals surface area contributed by atoms with Crippen LogP contribution < -0.4 is 0 Å². The van der Waals surface area contributed by atoms with Crippen LogP contribution in [0.3, 0.4) is 0 Å². The van der Waals surface area contributed by atoms with Gasteiger partial charge in [-0.3, -0.25) is 4.98 Å². The van der Waals surface area contributed by atoms with Gasteiger partial charge in [0.15, 0.2) is 0 Å². The number of aryl methyl sites for hydroxylation is 1. The molecular formula is C17H26N2O4S. The van der Waals surface area contributed by atoms with Crippen LogP contribution in [0.2, 0.25) is 0 Å². The minimum Gasteiger partial charge on any atom is -0.377 e. The van der Waals surface area contributed by atoms with Gasteiger partial charge in [0.25, 0.3) is 0 Å². The lowest BCUT2D eigenvalue weighted by atomic mass is 9.73. The van der Waals surface area contributed by atoms with Gasteiger partial charge >= 0.3 is 0 Å². The molecule has 6 nitrogen and oxygen atoms in total. The van der Waals surface area contributed by atoms with Crippen LogP contribution in [0, 0.1) is 12.3 Å². The summed E-state index contributed by atoms with van der Waals surface area (Å²) in [5.74, 6) is 0. The predicted molar refractivity (Wildman–Crippen MR) is 91.1 cm³/mol. The first kappa shape index (κ1) is 17.8. The summed E-state index contributed by atoms with van der Waals surface area (Å²) in [7, 11) is -3.19. The van der Waals surface area contributed by atoms with Crippen molar-refractivity contribution in [2.45, 2.75) is 38.9 Å². The third kappa shape index (κ3) is 3.96. The molecule has 3 heterocycles. The van der Waals surface area contributed by atoms with E-state index in [9.17, 15) is 8.42 Å². The van der Waals surface area contributed by atoms with E-state index in [0.29, 0.717) is 26.3 Å². The Morgan fingerprint density at radius 3 is 3.04 bits per heavy atom. The Morgan fingerprint density at radius 2 is 2.29 bits per heavy atom. The molecular weight excluding hydrogens is 328 g/mol. The molecule has 2 atom stereocenters. The smallest absolute Gasteiger partial charge is 0.211 e. The maximum Gasteiger partial charge on any atom is 0.211 e. The summed E-state index contributed by atoms with van der Waals surface area (Å²) in [4.78, 5) is 4.45. The van der Waals surface area contributed by atoms with Crippen LogP contribution in [0.25, 0.3) is 0 Å². The van der Waals surface area contributed by atoms with Gasteiger partial charge in [0.05, 0.1) is 31.3 Å². The van der Waals surface area contributed by atoms with E-state index in [4.69, 9.17) is 9.47 Å². The molecule has 7 heteroatoms. The molecule has 0 spiro atoms. The minimum atomic E-state index is -3.19. The summed E-state index contributed by atoms with van der Waals surface area (Å²) in [5.41, 5.74) is 1.62. The predicted octanol–water partition coefficient (Wildman–Crippen LogP) is 1.74. The van der Waals surface area contributed by atoms with E-state index in [-0.39, 0.29) is 11.5 Å². The Labute approximate surface area is 144 Å². The number of hydrogen-bond acceptors (Lipinski definition) is 5. The van der Waals surface area contributed by atoms with Crippen LogP contribution in [-0.4, -0.2) is 56.4 Å². The average Bonchev–Trinajstić information content (AvgIpc) is 2.53. The molecule has 2 unspecified atom stereocenters. The monoisotopic (exact) mass is 354 g/mol. The Morgan fingerprint density at radius 1 is 1.46 bits per heavy atom. The zero-order valence-electron chi connectivity index (χ0n) is 14.4. The molecule has 24 heavy (non-hydrogen) atoms.